The lowest BCUT2D eigenvalue weighted by Crippen LogP contribution is -2.16. The van der Waals surface area contributed by atoms with E-state index in [1.165, 1.54) is 5.56 Å². The highest BCUT2D eigenvalue weighted by Crippen LogP contribution is 2.23. The normalized spacial score (nSPS) is 10.3. The molecule has 0 fully saturated rings. The Hall–Kier alpha value is -3.05. The van der Waals surface area contributed by atoms with Gasteiger partial charge in [0.15, 0.2) is 0 Å². The highest BCUT2D eigenvalue weighted by atomic mass is 32.2. The van der Waals surface area contributed by atoms with Crippen LogP contribution in [0.5, 0.6) is 0 Å². The van der Waals surface area contributed by atoms with E-state index in [4.69, 9.17) is 0 Å². The number of anilines is 2. The number of rotatable bonds is 6. The molecule has 2 N–H and O–H groups in total. The van der Waals surface area contributed by atoms with E-state index < -0.39 is 0 Å². The second-order valence-electron chi connectivity index (χ2n) is 5.95. The Labute approximate surface area is 163 Å². The largest absolute Gasteiger partial charge is 0.320 e. The Balaban J connectivity index is 1.73. The van der Waals surface area contributed by atoms with Gasteiger partial charge in [0.2, 0.25) is 0 Å². The number of carbonyl (C=O) groups is 2. The Kier molecular flexibility index (Phi) is 6.28. The fraction of sp³-hybridized carbons (Fsp3) is 0.0909. The number of benzene rings is 3. The van der Waals surface area contributed by atoms with Crippen molar-refractivity contribution in [2.24, 2.45) is 0 Å². The first-order chi connectivity index (χ1) is 13.2. The molecule has 5 heteroatoms. The molecule has 0 saturated heterocycles. The lowest BCUT2D eigenvalue weighted by Gasteiger charge is -2.12. The zero-order valence-corrected chi connectivity index (χ0v) is 15.8. The van der Waals surface area contributed by atoms with Crippen molar-refractivity contribution in [3.05, 3.63) is 95.6 Å². The van der Waals surface area contributed by atoms with Crippen LogP contribution in [0.15, 0.2) is 78.9 Å². The maximum atomic E-state index is 12.6. The van der Waals surface area contributed by atoms with Gasteiger partial charge in [0.1, 0.15) is 0 Å². The first kappa shape index (κ1) is 18.7. The minimum atomic E-state index is -0.223. The first-order valence-electron chi connectivity index (χ1n) is 8.52. The molecule has 0 aromatic heterocycles. The van der Waals surface area contributed by atoms with E-state index in [9.17, 15) is 9.59 Å². The summed E-state index contributed by atoms with van der Waals surface area (Å²) in [6.45, 7) is 0. The van der Waals surface area contributed by atoms with Gasteiger partial charge in [0.25, 0.3) is 11.8 Å². The van der Waals surface area contributed by atoms with Gasteiger partial charge in [0.05, 0.1) is 11.4 Å². The van der Waals surface area contributed by atoms with Crippen molar-refractivity contribution in [3.8, 4) is 0 Å². The molecular weight excluding hydrogens is 356 g/mol. The maximum Gasteiger partial charge on any atom is 0.255 e. The van der Waals surface area contributed by atoms with Gasteiger partial charge in [-0.3, -0.25) is 9.59 Å². The van der Waals surface area contributed by atoms with Crippen LogP contribution in [0.1, 0.15) is 26.3 Å². The summed E-state index contributed by atoms with van der Waals surface area (Å²) in [5.41, 5.74) is 3.42. The standard InChI is InChI=1S/C22H20N2O2S/c1-27-15-16-11-13-18(14-12-16)22(26)24-20-10-6-5-9-19(20)23-21(25)17-7-3-2-4-8-17/h2-14H,15H2,1H3,(H,23,25)(H,24,26). The Morgan fingerprint density at radius 2 is 1.19 bits per heavy atom. The first-order valence-corrected chi connectivity index (χ1v) is 9.91. The lowest BCUT2D eigenvalue weighted by molar-refractivity contribution is 0.101. The fourth-order valence-corrected chi connectivity index (χ4v) is 3.12. The number of thioether (sulfide) groups is 1. The molecule has 0 radical (unpaired) electrons. The second-order valence-corrected chi connectivity index (χ2v) is 6.82. The Morgan fingerprint density at radius 3 is 1.70 bits per heavy atom. The molecule has 0 heterocycles. The van der Waals surface area contributed by atoms with Crippen molar-refractivity contribution in [1.82, 2.24) is 0 Å². The molecule has 0 unspecified atom stereocenters. The van der Waals surface area contributed by atoms with Crippen molar-refractivity contribution in [1.29, 1.82) is 0 Å². The van der Waals surface area contributed by atoms with E-state index in [0.717, 1.165) is 5.75 Å². The summed E-state index contributed by atoms with van der Waals surface area (Å²) in [5.74, 6) is 0.474. The second kappa shape index (κ2) is 9.05. The van der Waals surface area contributed by atoms with E-state index in [1.807, 2.05) is 60.9 Å². The Morgan fingerprint density at radius 1 is 0.704 bits per heavy atom. The van der Waals surface area contributed by atoms with Gasteiger partial charge in [0, 0.05) is 16.9 Å². The van der Waals surface area contributed by atoms with Crippen LogP contribution in [-0.4, -0.2) is 18.1 Å². The van der Waals surface area contributed by atoms with Crippen LogP contribution in [0.2, 0.25) is 0 Å². The van der Waals surface area contributed by atoms with Crippen molar-refractivity contribution >= 4 is 35.0 Å². The lowest BCUT2D eigenvalue weighted by atomic mass is 10.1. The molecule has 136 valence electrons. The Bertz CT molecular complexity index is 925. The molecule has 0 aliphatic carbocycles. The van der Waals surface area contributed by atoms with Gasteiger partial charge in [-0.1, -0.05) is 42.5 Å². The molecule has 0 aliphatic rings. The van der Waals surface area contributed by atoms with Gasteiger partial charge in [-0.2, -0.15) is 11.8 Å². The molecule has 3 aromatic rings. The van der Waals surface area contributed by atoms with Crippen molar-refractivity contribution in [2.75, 3.05) is 16.9 Å². The predicted octanol–water partition coefficient (Wildman–Crippen LogP) is 5.05. The van der Waals surface area contributed by atoms with Crippen LogP contribution < -0.4 is 10.6 Å². The molecule has 4 nitrogen and oxygen atoms in total. The quantitative estimate of drug-likeness (QED) is 0.633. The molecule has 2 amide bonds. The number of hydrogen-bond donors (Lipinski definition) is 2. The third-order valence-corrected chi connectivity index (χ3v) is 4.61. The maximum absolute atomic E-state index is 12.6. The number of para-hydroxylation sites is 2. The summed E-state index contributed by atoms with van der Waals surface area (Å²) in [7, 11) is 0. The van der Waals surface area contributed by atoms with Crippen molar-refractivity contribution in [2.45, 2.75) is 5.75 Å². The van der Waals surface area contributed by atoms with Gasteiger partial charge >= 0.3 is 0 Å². The van der Waals surface area contributed by atoms with Crippen LogP contribution >= 0.6 is 11.8 Å². The molecule has 0 spiro atoms. The van der Waals surface area contributed by atoms with Gasteiger partial charge in [-0.05, 0) is 48.2 Å². The SMILES string of the molecule is CSCc1ccc(C(=O)Nc2ccccc2NC(=O)c2ccccc2)cc1. The smallest absolute Gasteiger partial charge is 0.255 e. The van der Waals surface area contributed by atoms with E-state index in [-0.39, 0.29) is 11.8 Å². The van der Waals surface area contributed by atoms with Crippen LogP contribution in [0.4, 0.5) is 11.4 Å². The summed E-state index contributed by atoms with van der Waals surface area (Å²) in [4.78, 5) is 25.0. The number of carbonyl (C=O) groups excluding carboxylic acids is 2. The van der Waals surface area contributed by atoms with Crippen molar-refractivity contribution in [3.63, 3.8) is 0 Å². The van der Waals surface area contributed by atoms with Gasteiger partial charge < -0.3 is 10.6 Å². The van der Waals surface area contributed by atoms with E-state index >= 15 is 0 Å². The summed E-state index contributed by atoms with van der Waals surface area (Å²) in [6, 6.07) is 23.6. The van der Waals surface area contributed by atoms with Gasteiger partial charge in [-0.15, -0.1) is 0 Å². The third kappa shape index (κ3) is 4.99. The minimum absolute atomic E-state index is 0.216. The number of nitrogens with one attached hydrogen (secondary N) is 2. The summed E-state index contributed by atoms with van der Waals surface area (Å²) >= 11 is 1.74. The average molecular weight is 376 g/mol. The van der Waals surface area contributed by atoms with Crippen LogP contribution in [0, 0.1) is 0 Å². The molecule has 3 aromatic carbocycles. The van der Waals surface area contributed by atoms with Crippen molar-refractivity contribution < 1.29 is 9.59 Å². The van der Waals surface area contributed by atoms with Gasteiger partial charge in [-0.25, -0.2) is 0 Å². The third-order valence-electron chi connectivity index (χ3n) is 3.99. The zero-order chi connectivity index (χ0) is 19.1. The zero-order valence-electron chi connectivity index (χ0n) is 14.9. The van der Waals surface area contributed by atoms with Crippen LogP contribution in [-0.2, 0) is 5.75 Å². The number of amides is 2. The predicted molar refractivity (Wildman–Crippen MR) is 112 cm³/mol. The summed E-state index contributed by atoms with van der Waals surface area (Å²) < 4.78 is 0. The summed E-state index contributed by atoms with van der Waals surface area (Å²) in [6.07, 6.45) is 2.04. The van der Waals surface area contributed by atoms with E-state index in [1.54, 1.807) is 36.0 Å². The fourth-order valence-electron chi connectivity index (χ4n) is 2.60. The molecule has 27 heavy (non-hydrogen) atoms. The molecular formula is C22H20N2O2S. The molecule has 0 atom stereocenters. The monoisotopic (exact) mass is 376 g/mol. The average Bonchev–Trinajstić information content (AvgIpc) is 2.71. The topological polar surface area (TPSA) is 58.2 Å². The molecule has 0 saturated carbocycles. The number of hydrogen-bond acceptors (Lipinski definition) is 3. The molecule has 0 bridgehead atoms. The highest BCUT2D eigenvalue weighted by molar-refractivity contribution is 7.97. The minimum Gasteiger partial charge on any atom is -0.320 e. The highest BCUT2D eigenvalue weighted by Gasteiger charge is 2.12. The van der Waals surface area contributed by atoms with Crippen LogP contribution in [0.3, 0.4) is 0 Å². The van der Waals surface area contributed by atoms with E-state index in [0.29, 0.717) is 22.5 Å². The molecule has 3 rings (SSSR count). The van der Waals surface area contributed by atoms with Crippen LogP contribution in [0.25, 0.3) is 0 Å². The van der Waals surface area contributed by atoms with E-state index in [2.05, 4.69) is 10.6 Å². The molecule has 0 aliphatic heterocycles. The summed E-state index contributed by atoms with van der Waals surface area (Å²) in [5, 5.41) is 5.73.